The zero-order chi connectivity index (χ0) is 17.2. The number of aromatic amines is 1. The lowest BCUT2D eigenvalue weighted by molar-refractivity contribution is 0.832. The molecule has 4 rings (SSSR count). The first kappa shape index (κ1) is 15.4. The van der Waals surface area contributed by atoms with E-state index in [2.05, 4.69) is 76.6 Å². The highest BCUT2D eigenvalue weighted by atomic mass is 15.3. The van der Waals surface area contributed by atoms with E-state index < -0.39 is 0 Å². The molecule has 0 aliphatic rings. The number of nitrogens with zero attached hydrogens (tertiary/aromatic N) is 3. The third-order valence-electron chi connectivity index (χ3n) is 4.27. The van der Waals surface area contributed by atoms with Crippen LogP contribution in [0.2, 0.25) is 0 Å². The summed E-state index contributed by atoms with van der Waals surface area (Å²) in [5.41, 5.74) is 6.92. The topological polar surface area (TPSA) is 46.5 Å². The Bertz CT molecular complexity index is 996. The van der Waals surface area contributed by atoms with Crippen molar-refractivity contribution in [1.29, 1.82) is 0 Å². The van der Waals surface area contributed by atoms with Crippen molar-refractivity contribution in [3.05, 3.63) is 89.5 Å². The van der Waals surface area contributed by atoms with Crippen LogP contribution >= 0.6 is 0 Å². The van der Waals surface area contributed by atoms with Gasteiger partial charge in [0.2, 0.25) is 0 Å². The largest absolute Gasteiger partial charge is 0.345 e. The van der Waals surface area contributed by atoms with E-state index in [1.165, 1.54) is 11.1 Å². The van der Waals surface area contributed by atoms with Gasteiger partial charge in [-0.15, -0.1) is 0 Å². The van der Waals surface area contributed by atoms with Gasteiger partial charge in [0.1, 0.15) is 5.82 Å². The Balaban J connectivity index is 1.62. The van der Waals surface area contributed by atoms with Crippen molar-refractivity contribution in [2.75, 3.05) is 0 Å². The van der Waals surface area contributed by atoms with Gasteiger partial charge < -0.3 is 4.98 Å². The maximum atomic E-state index is 4.58. The first-order valence-corrected chi connectivity index (χ1v) is 8.40. The van der Waals surface area contributed by atoms with Gasteiger partial charge in [-0.05, 0) is 55.7 Å². The SMILES string of the molecule is Cc1cc(C)n(-c2cccc(Cc3cccc(-c4ncc[nH]4)c3)c2)n1. The molecule has 0 saturated carbocycles. The molecule has 0 bridgehead atoms. The van der Waals surface area contributed by atoms with Crippen LogP contribution in [0.5, 0.6) is 0 Å². The Kier molecular flexibility index (Phi) is 3.94. The van der Waals surface area contributed by atoms with Gasteiger partial charge in [0.05, 0.1) is 11.4 Å². The molecule has 4 nitrogen and oxygen atoms in total. The Labute approximate surface area is 147 Å². The molecule has 2 heterocycles. The van der Waals surface area contributed by atoms with E-state index in [9.17, 15) is 0 Å². The second-order valence-electron chi connectivity index (χ2n) is 6.32. The van der Waals surface area contributed by atoms with Gasteiger partial charge in [-0.3, -0.25) is 0 Å². The highest BCUT2D eigenvalue weighted by Crippen LogP contribution is 2.20. The van der Waals surface area contributed by atoms with Crippen LogP contribution in [0.15, 0.2) is 67.0 Å². The van der Waals surface area contributed by atoms with Crippen molar-refractivity contribution in [3.8, 4) is 17.1 Å². The number of hydrogen-bond donors (Lipinski definition) is 1. The van der Waals surface area contributed by atoms with Gasteiger partial charge in [0, 0.05) is 23.7 Å². The van der Waals surface area contributed by atoms with E-state index in [0.717, 1.165) is 34.9 Å². The lowest BCUT2D eigenvalue weighted by Crippen LogP contribution is -2.00. The average Bonchev–Trinajstić information content (AvgIpc) is 3.25. The van der Waals surface area contributed by atoms with Crippen LogP contribution in [-0.4, -0.2) is 19.7 Å². The predicted molar refractivity (Wildman–Crippen MR) is 99.9 cm³/mol. The molecule has 2 aromatic carbocycles. The highest BCUT2D eigenvalue weighted by molar-refractivity contribution is 5.56. The van der Waals surface area contributed by atoms with E-state index in [1.807, 2.05) is 17.8 Å². The molecule has 0 fully saturated rings. The molecular formula is C21H20N4. The summed E-state index contributed by atoms with van der Waals surface area (Å²) >= 11 is 0. The molecule has 0 atom stereocenters. The predicted octanol–water partition coefficient (Wildman–Crippen LogP) is 4.47. The van der Waals surface area contributed by atoms with Crippen molar-refractivity contribution < 1.29 is 0 Å². The summed E-state index contributed by atoms with van der Waals surface area (Å²) in [7, 11) is 0. The summed E-state index contributed by atoms with van der Waals surface area (Å²) in [6.45, 7) is 4.10. The molecule has 2 aromatic heterocycles. The van der Waals surface area contributed by atoms with Crippen LogP contribution in [0.3, 0.4) is 0 Å². The molecule has 0 saturated heterocycles. The minimum atomic E-state index is 0.877. The smallest absolute Gasteiger partial charge is 0.137 e. The third kappa shape index (κ3) is 3.24. The van der Waals surface area contributed by atoms with E-state index in [-0.39, 0.29) is 0 Å². The molecule has 25 heavy (non-hydrogen) atoms. The zero-order valence-electron chi connectivity index (χ0n) is 14.4. The molecule has 0 aliphatic carbocycles. The van der Waals surface area contributed by atoms with Crippen molar-refractivity contribution in [2.45, 2.75) is 20.3 Å². The zero-order valence-corrected chi connectivity index (χ0v) is 14.4. The quantitative estimate of drug-likeness (QED) is 0.601. The Morgan fingerprint density at radius 1 is 0.960 bits per heavy atom. The second-order valence-corrected chi connectivity index (χ2v) is 6.32. The van der Waals surface area contributed by atoms with Gasteiger partial charge in [-0.1, -0.05) is 30.3 Å². The van der Waals surface area contributed by atoms with E-state index in [0.29, 0.717) is 0 Å². The molecule has 0 amide bonds. The normalized spacial score (nSPS) is 11.0. The van der Waals surface area contributed by atoms with Crippen LogP contribution in [-0.2, 0) is 6.42 Å². The number of aryl methyl sites for hydroxylation is 2. The first-order chi connectivity index (χ1) is 12.2. The number of H-pyrrole nitrogens is 1. The van der Waals surface area contributed by atoms with Gasteiger partial charge in [0.15, 0.2) is 0 Å². The lowest BCUT2D eigenvalue weighted by Gasteiger charge is -2.08. The Morgan fingerprint density at radius 3 is 2.48 bits per heavy atom. The summed E-state index contributed by atoms with van der Waals surface area (Å²) in [4.78, 5) is 7.49. The van der Waals surface area contributed by atoms with E-state index in [4.69, 9.17) is 0 Å². The van der Waals surface area contributed by atoms with Gasteiger partial charge in [-0.25, -0.2) is 9.67 Å². The molecule has 4 aromatic rings. The van der Waals surface area contributed by atoms with Crippen LogP contribution in [0.4, 0.5) is 0 Å². The monoisotopic (exact) mass is 328 g/mol. The maximum absolute atomic E-state index is 4.58. The van der Waals surface area contributed by atoms with Crippen molar-refractivity contribution >= 4 is 0 Å². The van der Waals surface area contributed by atoms with E-state index in [1.54, 1.807) is 6.20 Å². The summed E-state index contributed by atoms with van der Waals surface area (Å²) in [6, 6.07) is 19.2. The highest BCUT2D eigenvalue weighted by Gasteiger charge is 2.06. The molecular weight excluding hydrogens is 308 g/mol. The Morgan fingerprint density at radius 2 is 1.76 bits per heavy atom. The number of rotatable bonds is 4. The lowest BCUT2D eigenvalue weighted by atomic mass is 10.0. The molecule has 0 spiro atoms. The fraction of sp³-hybridized carbons (Fsp3) is 0.143. The van der Waals surface area contributed by atoms with Crippen LogP contribution < -0.4 is 0 Å². The van der Waals surface area contributed by atoms with Crippen molar-refractivity contribution in [2.24, 2.45) is 0 Å². The molecule has 0 aliphatic heterocycles. The number of imidazole rings is 1. The third-order valence-corrected chi connectivity index (χ3v) is 4.27. The van der Waals surface area contributed by atoms with Crippen LogP contribution in [0.1, 0.15) is 22.5 Å². The average molecular weight is 328 g/mol. The molecule has 0 radical (unpaired) electrons. The second kappa shape index (κ2) is 6.40. The summed E-state index contributed by atoms with van der Waals surface area (Å²) < 4.78 is 2.00. The summed E-state index contributed by atoms with van der Waals surface area (Å²) in [5, 5.41) is 4.58. The number of nitrogens with one attached hydrogen (secondary N) is 1. The maximum Gasteiger partial charge on any atom is 0.137 e. The summed E-state index contributed by atoms with van der Waals surface area (Å²) in [5.74, 6) is 0.901. The van der Waals surface area contributed by atoms with Crippen molar-refractivity contribution in [1.82, 2.24) is 19.7 Å². The minimum absolute atomic E-state index is 0.877. The number of hydrogen-bond acceptors (Lipinski definition) is 2. The minimum Gasteiger partial charge on any atom is -0.345 e. The van der Waals surface area contributed by atoms with Crippen LogP contribution in [0, 0.1) is 13.8 Å². The molecule has 124 valence electrons. The standard InChI is InChI=1S/C21H20N4/c1-15-11-16(2)25(24-15)20-8-4-6-18(14-20)12-17-5-3-7-19(13-17)21-22-9-10-23-21/h3-11,13-14H,12H2,1-2H3,(H,22,23). The molecule has 1 N–H and O–H groups in total. The van der Waals surface area contributed by atoms with Crippen molar-refractivity contribution in [3.63, 3.8) is 0 Å². The fourth-order valence-electron chi connectivity index (χ4n) is 3.18. The van der Waals surface area contributed by atoms with Gasteiger partial charge in [-0.2, -0.15) is 5.10 Å². The molecule has 0 unspecified atom stereocenters. The van der Waals surface area contributed by atoms with Crippen LogP contribution in [0.25, 0.3) is 17.1 Å². The van der Waals surface area contributed by atoms with Gasteiger partial charge in [0.25, 0.3) is 0 Å². The fourth-order valence-corrected chi connectivity index (χ4v) is 3.18. The number of benzene rings is 2. The number of aromatic nitrogens is 4. The van der Waals surface area contributed by atoms with Gasteiger partial charge >= 0.3 is 0 Å². The molecule has 4 heteroatoms. The Hall–Kier alpha value is -3.14. The van der Waals surface area contributed by atoms with E-state index >= 15 is 0 Å². The first-order valence-electron chi connectivity index (χ1n) is 8.40. The summed E-state index contributed by atoms with van der Waals surface area (Å²) in [6.07, 6.45) is 4.50.